The summed E-state index contributed by atoms with van der Waals surface area (Å²) in [6, 6.07) is 17.9. The lowest BCUT2D eigenvalue weighted by atomic mass is 10.0. The van der Waals surface area contributed by atoms with E-state index in [1.54, 1.807) is 12.3 Å². The zero-order valence-electron chi connectivity index (χ0n) is 13.7. The normalized spacial score (nSPS) is 11.1. The number of halogens is 1. The molecular weight excluding hydrogens is 423 g/mol. The first-order chi connectivity index (χ1) is 11.7. The second-order valence-electron chi connectivity index (χ2n) is 5.81. The van der Waals surface area contributed by atoms with Crippen molar-refractivity contribution in [2.75, 3.05) is 0 Å². The third-order valence-corrected chi connectivity index (χ3v) is 4.30. The van der Waals surface area contributed by atoms with E-state index in [2.05, 4.69) is 65.3 Å². The number of hydrogen-bond donors (Lipinski definition) is 1. The van der Waals surface area contributed by atoms with Gasteiger partial charge < -0.3 is 29.1 Å². The molecule has 0 spiro atoms. The van der Waals surface area contributed by atoms with Crippen LogP contribution in [-0.2, 0) is 7.05 Å². The van der Waals surface area contributed by atoms with Crippen molar-refractivity contribution in [1.29, 1.82) is 0 Å². The Hall–Kier alpha value is -2.47. The number of aromatic hydroxyl groups is 1. The zero-order chi connectivity index (χ0) is 16.5. The van der Waals surface area contributed by atoms with Gasteiger partial charge in [0.05, 0.1) is 5.39 Å². The predicted octanol–water partition coefficient (Wildman–Crippen LogP) is 1.09. The number of aryl methyl sites for hydroxylation is 1. The van der Waals surface area contributed by atoms with Crippen LogP contribution in [0.2, 0.25) is 0 Å². The van der Waals surface area contributed by atoms with Crippen LogP contribution in [0, 0.1) is 0 Å². The van der Waals surface area contributed by atoms with Crippen molar-refractivity contribution in [3.8, 4) is 5.75 Å². The Morgan fingerprint density at radius 1 is 0.880 bits per heavy atom. The maximum atomic E-state index is 9.96. The van der Waals surface area contributed by atoms with Crippen molar-refractivity contribution in [1.82, 2.24) is 4.98 Å². The highest BCUT2D eigenvalue weighted by molar-refractivity contribution is 5.96. The fourth-order valence-corrected chi connectivity index (χ4v) is 3.04. The van der Waals surface area contributed by atoms with Crippen LogP contribution in [0.15, 0.2) is 67.0 Å². The maximum absolute atomic E-state index is 9.96. The van der Waals surface area contributed by atoms with Gasteiger partial charge in [-0.3, -0.25) is 4.98 Å². The zero-order valence-corrected chi connectivity index (χ0v) is 15.9. The average Bonchev–Trinajstić information content (AvgIpc) is 2.63. The van der Waals surface area contributed by atoms with E-state index >= 15 is 0 Å². The van der Waals surface area contributed by atoms with Crippen LogP contribution in [0.4, 0.5) is 0 Å². The van der Waals surface area contributed by atoms with Crippen LogP contribution in [0.25, 0.3) is 34.0 Å². The molecular formula is C21H17IN2O. The summed E-state index contributed by atoms with van der Waals surface area (Å²) in [5, 5.41) is 12.1. The summed E-state index contributed by atoms with van der Waals surface area (Å²) < 4.78 is 2.12. The van der Waals surface area contributed by atoms with Crippen LogP contribution in [-0.4, -0.2) is 10.1 Å². The van der Waals surface area contributed by atoms with E-state index in [4.69, 9.17) is 0 Å². The summed E-state index contributed by atoms with van der Waals surface area (Å²) in [5.74, 6) is 0.208. The van der Waals surface area contributed by atoms with Crippen molar-refractivity contribution in [3.05, 3.63) is 78.1 Å². The van der Waals surface area contributed by atoms with Gasteiger partial charge in [-0.1, -0.05) is 36.4 Å². The molecule has 25 heavy (non-hydrogen) atoms. The standard InChI is InChI=1S/C21H16N2O.HI/c1-23-14-12-16(17-5-2-3-7-19(17)23)9-8-15-10-11-20(24)21-18(15)6-4-13-22-21;/h2-14H,1H3;1H. The molecule has 4 aromatic rings. The fourth-order valence-electron chi connectivity index (χ4n) is 3.04. The van der Waals surface area contributed by atoms with Crippen molar-refractivity contribution in [3.63, 3.8) is 0 Å². The summed E-state index contributed by atoms with van der Waals surface area (Å²) in [4.78, 5) is 4.27. The van der Waals surface area contributed by atoms with Gasteiger partial charge in [0.25, 0.3) is 0 Å². The number of hydrogen-bond acceptors (Lipinski definition) is 2. The molecule has 0 aliphatic heterocycles. The number of rotatable bonds is 2. The van der Waals surface area contributed by atoms with E-state index in [1.165, 1.54) is 10.9 Å². The lowest BCUT2D eigenvalue weighted by molar-refractivity contribution is -0.644. The average molecular weight is 440 g/mol. The van der Waals surface area contributed by atoms with E-state index in [0.717, 1.165) is 16.5 Å². The third-order valence-electron chi connectivity index (χ3n) is 4.30. The van der Waals surface area contributed by atoms with Crippen LogP contribution in [0.3, 0.4) is 0 Å². The minimum atomic E-state index is 0. The fraction of sp³-hybridized carbons (Fsp3) is 0.0476. The van der Waals surface area contributed by atoms with Crippen molar-refractivity contribution in [2.24, 2.45) is 7.05 Å². The molecule has 4 rings (SSSR count). The molecule has 1 N–H and O–H groups in total. The quantitative estimate of drug-likeness (QED) is 0.375. The minimum absolute atomic E-state index is 0. The lowest BCUT2D eigenvalue weighted by Gasteiger charge is -2.04. The number of benzene rings is 2. The second kappa shape index (κ2) is 7.19. The van der Waals surface area contributed by atoms with Gasteiger partial charge in [0, 0.05) is 23.7 Å². The van der Waals surface area contributed by atoms with Gasteiger partial charge in [-0.25, -0.2) is 4.57 Å². The molecule has 4 heteroatoms. The molecule has 0 bridgehead atoms. The second-order valence-corrected chi connectivity index (χ2v) is 5.81. The number of pyridine rings is 2. The highest BCUT2D eigenvalue weighted by atomic mass is 127. The Bertz CT molecular complexity index is 1000. The van der Waals surface area contributed by atoms with Gasteiger partial charge in [-0.05, 0) is 29.3 Å². The van der Waals surface area contributed by atoms with Crippen LogP contribution >= 0.6 is 0 Å². The van der Waals surface area contributed by atoms with E-state index in [-0.39, 0.29) is 29.7 Å². The van der Waals surface area contributed by atoms with Gasteiger partial charge in [0.1, 0.15) is 18.3 Å². The summed E-state index contributed by atoms with van der Waals surface area (Å²) in [6.07, 6.45) is 7.95. The number of phenols is 1. The summed E-state index contributed by atoms with van der Waals surface area (Å²) in [5.41, 5.74) is 4.02. The summed E-state index contributed by atoms with van der Waals surface area (Å²) in [7, 11) is 2.05. The van der Waals surface area contributed by atoms with E-state index in [9.17, 15) is 5.11 Å². The Morgan fingerprint density at radius 3 is 2.44 bits per heavy atom. The van der Waals surface area contributed by atoms with Gasteiger partial charge >= 0.3 is 0 Å². The molecule has 0 atom stereocenters. The van der Waals surface area contributed by atoms with Crippen LogP contribution in [0.5, 0.6) is 5.75 Å². The predicted molar refractivity (Wildman–Crippen MR) is 97.5 cm³/mol. The molecule has 2 aromatic heterocycles. The first-order valence-corrected chi connectivity index (χ1v) is 7.86. The molecule has 0 saturated heterocycles. The number of para-hydroxylation sites is 1. The van der Waals surface area contributed by atoms with Gasteiger partial charge in [-0.15, -0.1) is 0 Å². The highest BCUT2D eigenvalue weighted by Crippen LogP contribution is 2.27. The molecule has 0 radical (unpaired) electrons. The van der Waals surface area contributed by atoms with Gasteiger partial charge in [0.2, 0.25) is 5.52 Å². The third kappa shape index (κ3) is 3.22. The molecule has 2 aromatic carbocycles. The van der Waals surface area contributed by atoms with Crippen LogP contribution in [0.1, 0.15) is 11.1 Å². The Kier molecular flexibility index (Phi) is 4.99. The number of aromatic nitrogens is 2. The molecule has 0 amide bonds. The topological polar surface area (TPSA) is 37.0 Å². The molecule has 0 saturated carbocycles. The summed E-state index contributed by atoms with van der Waals surface area (Å²) in [6.45, 7) is 0. The number of phenolic OH excluding ortho intramolecular Hbond substituents is 1. The lowest BCUT2D eigenvalue weighted by Crippen LogP contribution is -3.00. The Labute approximate surface area is 163 Å². The monoisotopic (exact) mass is 440 g/mol. The molecule has 2 heterocycles. The molecule has 0 aliphatic rings. The molecule has 0 unspecified atom stereocenters. The maximum Gasteiger partial charge on any atom is 0.212 e. The Morgan fingerprint density at radius 2 is 1.60 bits per heavy atom. The van der Waals surface area contributed by atoms with E-state index in [1.807, 2.05) is 18.2 Å². The van der Waals surface area contributed by atoms with Gasteiger partial charge in [0.15, 0.2) is 6.20 Å². The van der Waals surface area contributed by atoms with Crippen molar-refractivity contribution < 1.29 is 33.7 Å². The highest BCUT2D eigenvalue weighted by Gasteiger charge is 2.07. The molecule has 124 valence electrons. The van der Waals surface area contributed by atoms with Crippen LogP contribution < -0.4 is 28.5 Å². The molecule has 0 aliphatic carbocycles. The van der Waals surface area contributed by atoms with Gasteiger partial charge in [-0.2, -0.15) is 0 Å². The first-order valence-electron chi connectivity index (χ1n) is 7.86. The van der Waals surface area contributed by atoms with E-state index in [0.29, 0.717) is 5.52 Å². The Balaban J connectivity index is 0.00000182. The largest absolute Gasteiger partial charge is 1.00 e. The number of fused-ring (bicyclic) bond motifs is 2. The molecule has 3 nitrogen and oxygen atoms in total. The van der Waals surface area contributed by atoms with Crippen molar-refractivity contribution in [2.45, 2.75) is 0 Å². The SMILES string of the molecule is C[n+]1ccc(/C=C/c2ccc(O)c3ncccc23)c2ccccc21.[I-]. The van der Waals surface area contributed by atoms with Crippen molar-refractivity contribution >= 4 is 34.0 Å². The smallest absolute Gasteiger partial charge is 0.212 e. The minimum Gasteiger partial charge on any atom is -1.00 e. The first kappa shape index (κ1) is 17.4. The van der Waals surface area contributed by atoms with E-state index < -0.39 is 0 Å². The number of nitrogens with zero attached hydrogens (tertiary/aromatic N) is 2. The molecule has 0 fully saturated rings. The summed E-state index contributed by atoms with van der Waals surface area (Å²) >= 11 is 0.